The molecule has 1 amide bonds. The number of nitrogens with one attached hydrogen (secondary N) is 1. The summed E-state index contributed by atoms with van der Waals surface area (Å²) in [6, 6.07) is 26.9. The maximum atomic E-state index is 12.5. The third-order valence-electron chi connectivity index (χ3n) is 5.12. The molecule has 0 radical (unpaired) electrons. The molecular formula is C28H21Cl3N2O3. The fourth-order valence-electron chi connectivity index (χ4n) is 3.19. The summed E-state index contributed by atoms with van der Waals surface area (Å²) >= 11 is 18.0. The van der Waals surface area contributed by atoms with Gasteiger partial charge in [-0.3, -0.25) is 4.79 Å². The number of amides is 1. The van der Waals surface area contributed by atoms with E-state index in [1.807, 2.05) is 54.6 Å². The lowest BCUT2D eigenvalue weighted by Crippen LogP contribution is -2.17. The molecule has 0 unspecified atom stereocenters. The molecule has 0 heterocycles. The Labute approximate surface area is 224 Å². The van der Waals surface area contributed by atoms with Crippen LogP contribution < -0.4 is 14.9 Å². The van der Waals surface area contributed by atoms with Crippen LogP contribution in [0.5, 0.6) is 11.5 Å². The standard InChI is InChI=1S/C28H21Cl3N2O3/c29-23-10-5-19(6-11-23)17-36-27-4-2-1-3-21(27)16-32-33-28(34)20-8-13-25(14-9-20)35-18-22-7-12-24(30)15-26(22)31/h1-16H,17-18H2,(H,33,34)/b32-16-. The topological polar surface area (TPSA) is 59.9 Å². The van der Waals surface area contributed by atoms with Gasteiger partial charge in [-0.15, -0.1) is 0 Å². The Bertz CT molecular complexity index is 1360. The van der Waals surface area contributed by atoms with Crippen LogP contribution >= 0.6 is 34.8 Å². The van der Waals surface area contributed by atoms with Gasteiger partial charge in [0.05, 0.1) is 6.21 Å². The number of para-hydroxylation sites is 1. The summed E-state index contributed by atoms with van der Waals surface area (Å²) < 4.78 is 11.7. The smallest absolute Gasteiger partial charge is 0.271 e. The van der Waals surface area contributed by atoms with Gasteiger partial charge in [0, 0.05) is 31.8 Å². The number of hydrogen-bond donors (Lipinski definition) is 1. The van der Waals surface area contributed by atoms with E-state index in [2.05, 4.69) is 10.5 Å². The minimum atomic E-state index is -0.349. The molecule has 0 saturated carbocycles. The first kappa shape index (κ1) is 25.6. The fourth-order valence-corrected chi connectivity index (χ4v) is 3.78. The molecule has 0 saturated heterocycles. The Morgan fingerprint density at radius 2 is 1.53 bits per heavy atom. The predicted octanol–water partition coefficient (Wildman–Crippen LogP) is 7.57. The van der Waals surface area contributed by atoms with Crippen molar-refractivity contribution in [2.24, 2.45) is 5.10 Å². The van der Waals surface area contributed by atoms with E-state index in [4.69, 9.17) is 44.3 Å². The van der Waals surface area contributed by atoms with Crippen molar-refractivity contribution in [1.82, 2.24) is 5.43 Å². The van der Waals surface area contributed by atoms with E-state index in [-0.39, 0.29) is 12.5 Å². The predicted molar refractivity (Wildman–Crippen MR) is 145 cm³/mol. The van der Waals surface area contributed by atoms with E-state index in [0.717, 1.165) is 16.7 Å². The second kappa shape index (κ2) is 12.5. The molecule has 5 nitrogen and oxygen atoms in total. The molecule has 0 aliphatic heterocycles. The molecule has 0 atom stereocenters. The van der Waals surface area contributed by atoms with Crippen molar-refractivity contribution in [3.05, 3.63) is 128 Å². The number of benzene rings is 4. The number of rotatable bonds is 9. The molecule has 182 valence electrons. The zero-order chi connectivity index (χ0) is 25.3. The number of halogens is 3. The Kier molecular flexibility index (Phi) is 8.85. The van der Waals surface area contributed by atoms with Crippen molar-refractivity contribution in [1.29, 1.82) is 0 Å². The Balaban J connectivity index is 1.31. The van der Waals surface area contributed by atoms with Crippen LogP contribution in [-0.4, -0.2) is 12.1 Å². The van der Waals surface area contributed by atoms with Crippen LogP contribution in [0.1, 0.15) is 27.0 Å². The third-order valence-corrected chi connectivity index (χ3v) is 5.96. The maximum absolute atomic E-state index is 12.5. The zero-order valence-corrected chi connectivity index (χ0v) is 21.2. The molecule has 0 bridgehead atoms. The fraction of sp³-hybridized carbons (Fsp3) is 0.0714. The molecule has 0 fully saturated rings. The number of ether oxygens (including phenoxy) is 2. The van der Waals surface area contributed by atoms with E-state index in [9.17, 15) is 4.79 Å². The van der Waals surface area contributed by atoms with E-state index in [1.165, 1.54) is 0 Å². The van der Waals surface area contributed by atoms with Gasteiger partial charge in [-0.05, 0) is 66.2 Å². The molecule has 0 aliphatic carbocycles. The van der Waals surface area contributed by atoms with Crippen molar-refractivity contribution < 1.29 is 14.3 Å². The average Bonchev–Trinajstić information content (AvgIpc) is 2.89. The minimum Gasteiger partial charge on any atom is -0.489 e. The molecule has 4 rings (SSSR count). The minimum absolute atomic E-state index is 0.283. The molecule has 4 aromatic rings. The van der Waals surface area contributed by atoms with Crippen molar-refractivity contribution in [2.75, 3.05) is 0 Å². The summed E-state index contributed by atoms with van der Waals surface area (Å²) in [5.41, 5.74) is 5.51. The number of hydrogen-bond acceptors (Lipinski definition) is 4. The highest BCUT2D eigenvalue weighted by molar-refractivity contribution is 6.35. The molecule has 0 aliphatic rings. The monoisotopic (exact) mass is 538 g/mol. The summed E-state index contributed by atoms with van der Waals surface area (Å²) in [5.74, 6) is 0.902. The van der Waals surface area contributed by atoms with E-state index in [0.29, 0.717) is 38.7 Å². The Morgan fingerprint density at radius 1 is 0.806 bits per heavy atom. The van der Waals surface area contributed by atoms with Gasteiger partial charge in [0.15, 0.2) is 0 Å². The summed E-state index contributed by atoms with van der Waals surface area (Å²) in [6.45, 7) is 0.665. The van der Waals surface area contributed by atoms with Gasteiger partial charge in [-0.2, -0.15) is 5.10 Å². The summed E-state index contributed by atoms with van der Waals surface area (Å²) in [5, 5.41) is 5.86. The first-order chi connectivity index (χ1) is 17.5. The number of hydrazone groups is 1. The van der Waals surface area contributed by atoms with Gasteiger partial charge in [0.1, 0.15) is 24.7 Å². The SMILES string of the molecule is O=C(N/N=C\c1ccccc1OCc1ccc(Cl)cc1)c1ccc(OCc2ccc(Cl)cc2Cl)cc1. The molecule has 0 aromatic heterocycles. The van der Waals surface area contributed by atoms with Gasteiger partial charge in [-0.1, -0.05) is 65.1 Å². The van der Waals surface area contributed by atoms with Crippen molar-refractivity contribution in [3.8, 4) is 11.5 Å². The van der Waals surface area contributed by atoms with E-state index < -0.39 is 0 Å². The van der Waals surface area contributed by atoms with Crippen molar-refractivity contribution in [3.63, 3.8) is 0 Å². The largest absolute Gasteiger partial charge is 0.489 e. The lowest BCUT2D eigenvalue weighted by Gasteiger charge is -2.09. The quantitative estimate of drug-likeness (QED) is 0.176. The van der Waals surface area contributed by atoms with Crippen LogP contribution in [0.25, 0.3) is 0 Å². The lowest BCUT2D eigenvalue weighted by atomic mass is 10.2. The molecule has 36 heavy (non-hydrogen) atoms. The van der Waals surface area contributed by atoms with Gasteiger partial charge in [0.2, 0.25) is 0 Å². The highest BCUT2D eigenvalue weighted by atomic mass is 35.5. The number of nitrogens with zero attached hydrogens (tertiary/aromatic N) is 1. The van der Waals surface area contributed by atoms with E-state index in [1.54, 1.807) is 42.6 Å². The lowest BCUT2D eigenvalue weighted by molar-refractivity contribution is 0.0955. The Morgan fingerprint density at radius 3 is 2.28 bits per heavy atom. The van der Waals surface area contributed by atoms with Gasteiger partial charge in [0.25, 0.3) is 5.91 Å². The van der Waals surface area contributed by atoms with Crippen LogP contribution in [0.4, 0.5) is 0 Å². The van der Waals surface area contributed by atoms with Crippen LogP contribution in [0.3, 0.4) is 0 Å². The van der Waals surface area contributed by atoms with Crippen molar-refractivity contribution >= 4 is 46.9 Å². The molecule has 1 N–H and O–H groups in total. The highest BCUT2D eigenvalue weighted by Gasteiger charge is 2.07. The van der Waals surface area contributed by atoms with Crippen molar-refractivity contribution in [2.45, 2.75) is 13.2 Å². The number of carbonyl (C=O) groups is 1. The van der Waals surface area contributed by atoms with Crippen LogP contribution in [0.2, 0.25) is 15.1 Å². The average molecular weight is 540 g/mol. The highest BCUT2D eigenvalue weighted by Crippen LogP contribution is 2.23. The first-order valence-electron chi connectivity index (χ1n) is 10.9. The maximum Gasteiger partial charge on any atom is 0.271 e. The van der Waals surface area contributed by atoms with Crippen LogP contribution in [0.15, 0.2) is 96.1 Å². The van der Waals surface area contributed by atoms with Gasteiger partial charge >= 0.3 is 0 Å². The molecular weight excluding hydrogens is 519 g/mol. The zero-order valence-electron chi connectivity index (χ0n) is 19.0. The first-order valence-corrected chi connectivity index (χ1v) is 12.1. The van der Waals surface area contributed by atoms with Gasteiger partial charge < -0.3 is 9.47 Å². The second-order valence-electron chi connectivity index (χ2n) is 7.70. The van der Waals surface area contributed by atoms with E-state index >= 15 is 0 Å². The molecule has 4 aromatic carbocycles. The normalized spacial score (nSPS) is 10.9. The van der Waals surface area contributed by atoms with Crippen LogP contribution in [0, 0.1) is 0 Å². The molecule has 0 spiro atoms. The Hall–Kier alpha value is -3.51. The molecule has 8 heteroatoms. The summed E-state index contributed by atoms with van der Waals surface area (Å²) in [4.78, 5) is 12.5. The number of carbonyl (C=O) groups excluding carboxylic acids is 1. The summed E-state index contributed by atoms with van der Waals surface area (Å²) in [6.07, 6.45) is 1.54. The van der Waals surface area contributed by atoms with Crippen LogP contribution in [-0.2, 0) is 13.2 Å². The second-order valence-corrected chi connectivity index (χ2v) is 8.98. The summed E-state index contributed by atoms with van der Waals surface area (Å²) in [7, 11) is 0. The third kappa shape index (κ3) is 7.25. The van der Waals surface area contributed by atoms with Gasteiger partial charge in [-0.25, -0.2) is 5.43 Å².